The Labute approximate surface area is 176 Å². The zero-order valence-electron chi connectivity index (χ0n) is 17.9. The van der Waals surface area contributed by atoms with Crippen molar-refractivity contribution in [1.82, 2.24) is 0 Å². The van der Waals surface area contributed by atoms with Crippen molar-refractivity contribution in [2.45, 2.75) is 76.4 Å². The van der Waals surface area contributed by atoms with Gasteiger partial charge in [0.2, 0.25) is 0 Å². The minimum Gasteiger partial charge on any atom is -0.392 e. The largest absolute Gasteiger partial charge is 0.392 e. The van der Waals surface area contributed by atoms with Gasteiger partial charge in [0.15, 0.2) is 0 Å². The van der Waals surface area contributed by atoms with Gasteiger partial charge < -0.3 is 10.2 Å². The summed E-state index contributed by atoms with van der Waals surface area (Å²) in [5.74, 6) is 1.70. The zero-order chi connectivity index (χ0) is 20.4. The molecule has 2 aromatic carbocycles. The molecule has 0 saturated heterocycles. The summed E-state index contributed by atoms with van der Waals surface area (Å²) in [7, 11) is 0. The third-order valence-electron chi connectivity index (χ3n) is 8.19. The Hall–Kier alpha value is -1.64. The van der Waals surface area contributed by atoms with E-state index in [0.29, 0.717) is 11.8 Å². The molecule has 2 aliphatic carbocycles. The van der Waals surface area contributed by atoms with E-state index in [-0.39, 0.29) is 29.5 Å². The van der Waals surface area contributed by atoms with Gasteiger partial charge in [-0.2, -0.15) is 0 Å². The molecule has 29 heavy (non-hydrogen) atoms. The first-order valence-corrected chi connectivity index (χ1v) is 11.4. The quantitative estimate of drug-likeness (QED) is 0.680. The molecule has 156 valence electrons. The predicted octanol–water partition coefficient (Wildman–Crippen LogP) is 5.90. The van der Waals surface area contributed by atoms with E-state index >= 15 is 0 Å². The molecule has 2 nitrogen and oxygen atoms in total. The molecule has 0 aliphatic heterocycles. The lowest BCUT2D eigenvalue weighted by molar-refractivity contribution is -0.0142. The predicted molar refractivity (Wildman–Crippen MR) is 119 cm³/mol. The smallest absolute Gasteiger partial charge is 0.0608 e. The van der Waals surface area contributed by atoms with Gasteiger partial charge in [-0.3, -0.25) is 0 Å². The molecule has 6 atom stereocenters. The monoisotopic (exact) mass is 392 g/mol. The van der Waals surface area contributed by atoms with Crippen LogP contribution in [0, 0.1) is 17.3 Å². The molecular weight excluding hydrogens is 356 g/mol. The number of benzene rings is 2. The number of rotatable bonds is 4. The normalized spacial score (nSPS) is 33.4. The van der Waals surface area contributed by atoms with Gasteiger partial charge in [0, 0.05) is 11.8 Å². The van der Waals surface area contributed by atoms with Crippen LogP contribution in [0.2, 0.25) is 0 Å². The molecule has 0 amide bonds. The summed E-state index contributed by atoms with van der Waals surface area (Å²) in [6, 6.07) is 21.1. The Kier molecular flexibility index (Phi) is 6.13. The highest BCUT2D eigenvalue weighted by Crippen LogP contribution is 2.53. The first-order chi connectivity index (χ1) is 14.0. The average molecular weight is 393 g/mol. The molecule has 2 aromatic rings. The minimum absolute atomic E-state index is 0.209. The van der Waals surface area contributed by atoms with Crippen LogP contribution in [0.25, 0.3) is 0 Å². The average Bonchev–Trinajstić information content (AvgIpc) is 2.75. The second kappa shape index (κ2) is 8.62. The van der Waals surface area contributed by atoms with E-state index in [4.69, 9.17) is 0 Å². The molecule has 0 bridgehead atoms. The summed E-state index contributed by atoms with van der Waals surface area (Å²) in [5.41, 5.74) is 2.77. The number of aliphatic hydroxyl groups excluding tert-OH is 2. The van der Waals surface area contributed by atoms with Gasteiger partial charge in [-0.05, 0) is 66.9 Å². The summed E-state index contributed by atoms with van der Waals surface area (Å²) in [6.45, 7) is 4.89. The van der Waals surface area contributed by atoms with Crippen molar-refractivity contribution >= 4 is 0 Å². The number of hydrogen-bond acceptors (Lipinski definition) is 2. The lowest BCUT2D eigenvalue weighted by Gasteiger charge is -2.49. The van der Waals surface area contributed by atoms with Crippen LogP contribution < -0.4 is 0 Å². The molecule has 2 saturated carbocycles. The Morgan fingerprint density at radius 1 is 0.621 bits per heavy atom. The maximum atomic E-state index is 10.7. The van der Waals surface area contributed by atoms with Crippen LogP contribution in [-0.4, -0.2) is 22.4 Å². The molecular formula is C27H36O2. The third kappa shape index (κ3) is 4.29. The minimum atomic E-state index is -0.227. The fourth-order valence-electron chi connectivity index (χ4n) is 6.11. The van der Waals surface area contributed by atoms with Crippen molar-refractivity contribution < 1.29 is 10.2 Å². The molecule has 0 aromatic heterocycles. The maximum Gasteiger partial charge on any atom is 0.0608 e. The van der Waals surface area contributed by atoms with Gasteiger partial charge in [-0.1, -0.05) is 74.5 Å². The van der Waals surface area contributed by atoms with Crippen molar-refractivity contribution in [3.8, 4) is 0 Å². The van der Waals surface area contributed by atoms with Gasteiger partial charge in [0.1, 0.15) is 0 Å². The molecule has 2 heteroatoms. The van der Waals surface area contributed by atoms with Gasteiger partial charge in [-0.15, -0.1) is 0 Å². The fraction of sp³-hybridized carbons (Fsp3) is 0.556. The summed E-state index contributed by atoms with van der Waals surface area (Å²) >= 11 is 0. The molecule has 2 aliphatic rings. The maximum absolute atomic E-state index is 10.7. The second-order valence-corrected chi connectivity index (χ2v) is 10.0. The molecule has 4 rings (SSSR count). The van der Waals surface area contributed by atoms with Gasteiger partial charge in [0.25, 0.3) is 0 Å². The molecule has 0 spiro atoms. The molecule has 6 unspecified atom stereocenters. The topological polar surface area (TPSA) is 40.5 Å². The summed E-state index contributed by atoms with van der Waals surface area (Å²) in [4.78, 5) is 0. The highest BCUT2D eigenvalue weighted by Gasteiger charge is 2.45. The first kappa shape index (κ1) is 20.6. The molecule has 0 heterocycles. The van der Waals surface area contributed by atoms with Crippen molar-refractivity contribution in [1.29, 1.82) is 0 Å². The number of hydrogen-bond donors (Lipinski definition) is 2. The van der Waals surface area contributed by atoms with E-state index in [0.717, 1.165) is 38.5 Å². The van der Waals surface area contributed by atoms with E-state index in [1.165, 1.54) is 11.1 Å². The second-order valence-electron chi connectivity index (χ2n) is 10.0. The van der Waals surface area contributed by atoms with Crippen LogP contribution in [-0.2, 0) is 0 Å². The van der Waals surface area contributed by atoms with E-state index in [1.807, 2.05) is 0 Å². The number of aliphatic hydroxyl groups is 2. The summed E-state index contributed by atoms with van der Waals surface area (Å²) < 4.78 is 0. The zero-order valence-corrected chi connectivity index (χ0v) is 17.9. The van der Waals surface area contributed by atoms with Gasteiger partial charge >= 0.3 is 0 Å². The van der Waals surface area contributed by atoms with Crippen molar-refractivity contribution in [2.75, 3.05) is 0 Å². The van der Waals surface area contributed by atoms with Crippen molar-refractivity contribution in [2.24, 2.45) is 17.3 Å². The highest BCUT2D eigenvalue weighted by atomic mass is 16.3. The Balaban J connectivity index is 1.51. The lowest BCUT2D eigenvalue weighted by atomic mass is 9.57. The Morgan fingerprint density at radius 2 is 1.00 bits per heavy atom. The van der Waals surface area contributed by atoms with Crippen LogP contribution in [0.5, 0.6) is 0 Å². The van der Waals surface area contributed by atoms with Crippen LogP contribution in [0.3, 0.4) is 0 Å². The molecule has 2 N–H and O–H groups in total. The third-order valence-corrected chi connectivity index (χ3v) is 8.19. The standard InChI is InChI=1S/C27H36O2/c1-27(2,21-13-15-25(28)23(17-21)19-9-5-3-6-10-19)22-14-16-26(29)24(18-22)20-11-7-4-8-12-20/h3-12,21-26,28-29H,13-18H2,1-2H3. The first-order valence-electron chi connectivity index (χ1n) is 11.4. The van der Waals surface area contributed by atoms with Crippen LogP contribution in [0.15, 0.2) is 60.7 Å². The van der Waals surface area contributed by atoms with Crippen LogP contribution in [0.1, 0.15) is 75.3 Å². The molecule has 0 radical (unpaired) electrons. The van der Waals surface area contributed by atoms with Crippen molar-refractivity contribution in [3.05, 3.63) is 71.8 Å². The fourth-order valence-corrected chi connectivity index (χ4v) is 6.11. The lowest BCUT2D eigenvalue weighted by Crippen LogP contribution is -2.42. The van der Waals surface area contributed by atoms with Crippen LogP contribution >= 0.6 is 0 Å². The van der Waals surface area contributed by atoms with E-state index < -0.39 is 0 Å². The summed E-state index contributed by atoms with van der Waals surface area (Å²) in [6.07, 6.45) is 5.67. The van der Waals surface area contributed by atoms with E-state index in [2.05, 4.69) is 74.5 Å². The Morgan fingerprint density at radius 3 is 1.38 bits per heavy atom. The Bertz CT molecular complexity index is 704. The van der Waals surface area contributed by atoms with Gasteiger partial charge in [0.05, 0.1) is 12.2 Å². The summed E-state index contributed by atoms with van der Waals surface area (Å²) in [5, 5.41) is 21.4. The van der Waals surface area contributed by atoms with Crippen LogP contribution in [0.4, 0.5) is 0 Å². The SMILES string of the molecule is CC(C)(C1CCC(O)C(c2ccccc2)C1)C1CCC(O)C(c2ccccc2)C1. The van der Waals surface area contributed by atoms with Gasteiger partial charge in [-0.25, -0.2) is 0 Å². The molecule has 2 fully saturated rings. The highest BCUT2D eigenvalue weighted by molar-refractivity contribution is 5.23. The van der Waals surface area contributed by atoms with E-state index in [1.54, 1.807) is 0 Å². The van der Waals surface area contributed by atoms with Crippen molar-refractivity contribution in [3.63, 3.8) is 0 Å². The van der Waals surface area contributed by atoms with E-state index in [9.17, 15) is 10.2 Å².